The molecule has 0 amide bonds. The lowest BCUT2D eigenvalue weighted by atomic mass is 10.4. The van der Waals surface area contributed by atoms with E-state index in [1.165, 1.54) is 12.4 Å². The van der Waals surface area contributed by atoms with Crippen molar-refractivity contribution < 1.29 is 4.52 Å². The minimum atomic E-state index is -0.252. The predicted octanol–water partition coefficient (Wildman–Crippen LogP) is 0.678. The Morgan fingerprint density at radius 2 is 2.47 bits per heavy atom. The molecule has 0 aromatic carbocycles. The standard InChI is InChI=1S/C9H10N4O2/c1-6-4-7(13-15-6)5-12-8-9(14)11-3-2-10-8/h2-4H,5H2,1H3,(H,10,12)(H,11,14). The van der Waals surface area contributed by atoms with Gasteiger partial charge in [-0.3, -0.25) is 4.79 Å². The topological polar surface area (TPSA) is 83.8 Å². The first-order valence-corrected chi connectivity index (χ1v) is 4.45. The highest BCUT2D eigenvalue weighted by Gasteiger charge is 2.02. The Hall–Kier alpha value is -2.11. The van der Waals surface area contributed by atoms with Crippen molar-refractivity contribution in [1.82, 2.24) is 15.1 Å². The number of nitrogens with one attached hydrogen (secondary N) is 2. The molecule has 2 N–H and O–H groups in total. The molecule has 0 aliphatic heterocycles. The van der Waals surface area contributed by atoms with Crippen LogP contribution in [0.25, 0.3) is 0 Å². The van der Waals surface area contributed by atoms with Crippen LogP contribution in [0.5, 0.6) is 0 Å². The fourth-order valence-electron chi connectivity index (χ4n) is 1.15. The molecule has 2 heterocycles. The molecule has 0 fully saturated rings. The average Bonchev–Trinajstić information content (AvgIpc) is 2.63. The van der Waals surface area contributed by atoms with Gasteiger partial charge in [-0.15, -0.1) is 0 Å². The number of nitrogens with zero attached hydrogens (tertiary/aromatic N) is 2. The van der Waals surface area contributed by atoms with Crippen LogP contribution in [0.4, 0.5) is 5.82 Å². The first kappa shape index (κ1) is 9.45. The first-order valence-electron chi connectivity index (χ1n) is 4.45. The highest BCUT2D eigenvalue weighted by Crippen LogP contribution is 2.02. The van der Waals surface area contributed by atoms with Crippen LogP contribution in [0.1, 0.15) is 11.5 Å². The highest BCUT2D eigenvalue weighted by atomic mass is 16.5. The van der Waals surface area contributed by atoms with Crippen molar-refractivity contribution in [3.05, 3.63) is 40.3 Å². The second-order valence-electron chi connectivity index (χ2n) is 3.05. The molecule has 2 aromatic rings. The zero-order chi connectivity index (χ0) is 10.7. The molecule has 0 saturated heterocycles. The summed E-state index contributed by atoms with van der Waals surface area (Å²) in [5.74, 6) is 1.01. The lowest BCUT2D eigenvalue weighted by Crippen LogP contribution is -2.15. The maximum atomic E-state index is 11.2. The highest BCUT2D eigenvalue weighted by molar-refractivity contribution is 5.30. The van der Waals surface area contributed by atoms with Crippen LogP contribution in [0, 0.1) is 6.92 Å². The molecule has 0 aliphatic rings. The monoisotopic (exact) mass is 206 g/mol. The Morgan fingerprint density at radius 3 is 3.13 bits per heavy atom. The van der Waals surface area contributed by atoms with Gasteiger partial charge in [-0.2, -0.15) is 0 Å². The van der Waals surface area contributed by atoms with Crippen LogP contribution in [-0.4, -0.2) is 15.1 Å². The van der Waals surface area contributed by atoms with Gasteiger partial charge in [0.25, 0.3) is 5.56 Å². The zero-order valence-electron chi connectivity index (χ0n) is 8.15. The maximum absolute atomic E-state index is 11.2. The second kappa shape index (κ2) is 3.95. The SMILES string of the molecule is Cc1cc(CNc2ncc[nH]c2=O)no1. The molecule has 0 bridgehead atoms. The van der Waals surface area contributed by atoms with Crippen molar-refractivity contribution in [2.45, 2.75) is 13.5 Å². The molecule has 0 saturated carbocycles. The van der Waals surface area contributed by atoms with Crippen LogP contribution in [0.2, 0.25) is 0 Å². The van der Waals surface area contributed by atoms with Crippen molar-refractivity contribution in [2.75, 3.05) is 5.32 Å². The molecular weight excluding hydrogens is 196 g/mol. The molecule has 0 unspecified atom stereocenters. The minimum Gasteiger partial charge on any atom is -0.361 e. The molecular formula is C9H10N4O2. The van der Waals surface area contributed by atoms with E-state index >= 15 is 0 Å². The van der Waals surface area contributed by atoms with Gasteiger partial charge in [-0.25, -0.2) is 4.98 Å². The Labute approximate surface area is 85.3 Å². The molecule has 0 aliphatic carbocycles. The summed E-state index contributed by atoms with van der Waals surface area (Å²) in [6, 6.07) is 1.80. The molecule has 2 aromatic heterocycles. The van der Waals surface area contributed by atoms with Crippen LogP contribution in [0.15, 0.2) is 27.8 Å². The Morgan fingerprint density at radius 1 is 1.60 bits per heavy atom. The number of hydrogen-bond donors (Lipinski definition) is 2. The summed E-state index contributed by atoms with van der Waals surface area (Å²) in [5, 5.41) is 6.65. The summed E-state index contributed by atoms with van der Waals surface area (Å²) in [5.41, 5.74) is 0.482. The minimum absolute atomic E-state index is 0.252. The summed E-state index contributed by atoms with van der Waals surface area (Å²) in [4.78, 5) is 17.6. The van der Waals surface area contributed by atoms with Gasteiger partial charge in [0.1, 0.15) is 11.5 Å². The van der Waals surface area contributed by atoms with Gasteiger partial charge >= 0.3 is 0 Å². The van der Waals surface area contributed by atoms with E-state index in [-0.39, 0.29) is 11.4 Å². The van der Waals surface area contributed by atoms with Crippen molar-refractivity contribution in [3.63, 3.8) is 0 Å². The molecule has 0 radical (unpaired) electrons. The van der Waals surface area contributed by atoms with E-state index in [1.54, 1.807) is 6.07 Å². The van der Waals surface area contributed by atoms with Gasteiger partial charge in [-0.1, -0.05) is 5.16 Å². The molecule has 78 valence electrons. The third-order valence-electron chi connectivity index (χ3n) is 1.82. The lowest BCUT2D eigenvalue weighted by Gasteiger charge is -1.99. The fraction of sp³-hybridized carbons (Fsp3) is 0.222. The van der Waals surface area contributed by atoms with Gasteiger partial charge < -0.3 is 14.8 Å². The number of aromatic nitrogens is 3. The molecule has 0 atom stereocenters. The quantitative estimate of drug-likeness (QED) is 0.771. The van der Waals surface area contributed by atoms with Crippen LogP contribution in [0.3, 0.4) is 0 Å². The van der Waals surface area contributed by atoms with Gasteiger partial charge in [0.15, 0.2) is 5.82 Å². The van der Waals surface area contributed by atoms with Crippen molar-refractivity contribution in [3.8, 4) is 0 Å². The van der Waals surface area contributed by atoms with Crippen molar-refractivity contribution in [2.24, 2.45) is 0 Å². The Bertz CT molecular complexity index is 503. The van der Waals surface area contributed by atoms with E-state index in [2.05, 4.69) is 20.4 Å². The largest absolute Gasteiger partial charge is 0.361 e. The lowest BCUT2D eigenvalue weighted by molar-refractivity contribution is 0.391. The molecule has 0 spiro atoms. The molecule has 15 heavy (non-hydrogen) atoms. The summed E-state index contributed by atoms with van der Waals surface area (Å²) >= 11 is 0. The van der Waals surface area contributed by atoms with Crippen molar-refractivity contribution in [1.29, 1.82) is 0 Å². The van der Waals surface area contributed by atoms with Crippen molar-refractivity contribution >= 4 is 5.82 Å². The normalized spacial score (nSPS) is 10.2. The molecule has 6 heteroatoms. The van der Waals surface area contributed by atoms with Crippen LogP contribution >= 0.6 is 0 Å². The first-order chi connectivity index (χ1) is 7.25. The van der Waals surface area contributed by atoms with Gasteiger partial charge in [0.05, 0.1) is 6.54 Å². The van der Waals surface area contributed by atoms with E-state index in [1.807, 2.05) is 6.92 Å². The predicted molar refractivity (Wildman–Crippen MR) is 53.4 cm³/mol. The van der Waals surface area contributed by atoms with Crippen LogP contribution < -0.4 is 10.9 Å². The average molecular weight is 206 g/mol. The second-order valence-corrected chi connectivity index (χ2v) is 3.05. The van der Waals surface area contributed by atoms with E-state index in [0.717, 1.165) is 11.5 Å². The van der Waals surface area contributed by atoms with Gasteiger partial charge in [0, 0.05) is 18.5 Å². The Kier molecular flexibility index (Phi) is 2.49. The third kappa shape index (κ3) is 2.22. The third-order valence-corrected chi connectivity index (χ3v) is 1.82. The number of rotatable bonds is 3. The smallest absolute Gasteiger partial charge is 0.290 e. The summed E-state index contributed by atoms with van der Waals surface area (Å²) in [6.45, 7) is 2.22. The van der Waals surface area contributed by atoms with E-state index in [4.69, 9.17) is 4.52 Å². The van der Waals surface area contributed by atoms with E-state index in [9.17, 15) is 4.79 Å². The van der Waals surface area contributed by atoms with Crippen LogP contribution in [-0.2, 0) is 6.54 Å². The number of H-pyrrole nitrogens is 1. The summed E-state index contributed by atoms with van der Waals surface area (Å²) in [7, 11) is 0. The Balaban J connectivity index is 2.05. The maximum Gasteiger partial charge on any atom is 0.290 e. The number of anilines is 1. The molecule has 6 nitrogen and oxygen atoms in total. The number of aromatic amines is 1. The van der Waals surface area contributed by atoms with Gasteiger partial charge in [0.2, 0.25) is 0 Å². The molecule has 2 rings (SSSR count). The van der Waals surface area contributed by atoms with E-state index in [0.29, 0.717) is 6.54 Å². The van der Waals surface area contributed by atoms with Gasteiger partial charge in [-0.05, 0) is 6.92 Å². The number of aryl methyl sites for hydroxylation is 1. The summed E-state index contributed by atoms with van der Waals surface area (Å²) in [6.07, 6.45) is 2.99. The summed E-state index contributed by atoms with van der Waals surface area (Å²) < 4.78 is 4.89. The van der Waals surface area contributed by atoms with E-state index < -0.39 is 0 Å². The number of hydrogen-bond acceptors (Lipinski definition) is 5. The fourth-order valence-corrected chi connectivity index (χ4v) is 1.15. The zero-order valence-corrected chi connectivity index (χ0v) is 8.15.